The average Bonchev–Trinajstić information content (AvgIpc) is 3.08. The SMILES string of the molecule is CCNC(=NCCN1CCCCC1C)N1CCN(c2cnn(C)c2)C(=O)C1.I. The molecular weight excluding hydrogens is 469 g/mol. The fourth-order valence-electron chi connectivity index (χ4n) is 3.87. The van der Waals surface area contributed by atoms with Gasteiger partial charge in [0.05, 0.1) is 18.4 Å². The Morgan fingerprint density at radius 3 is 2.79 bits per heavy atom. The van der Waals surface area contributed by atoms with Crippen molar-refractivity contribution < 1.29 is 4.79 Å². The smallest absolute Gasteiger partial charge is 0.246 e. The quantitative estimate of drug-likeness (QED) is 0.375. The highest BCUT2D eigenvalue weighted by molar-refractivity contribution is 14.0. The molecule has 1 aromatic heterocycles. The molecule has 1 atom stereocenters. The Labute approximate surface area is 185 Å². The van der Waals surface area contributed by atoms with Crippen LogP contribution in [0.15, 0.2) is 17.4 Å². The third-order valence-electron chi connectivity index (χ3n) is 5.45. The Morgan fingerprint density at radius 1 is 1.32 bits per heavy atom. The van der Waals surface area contributed by atoms with Crippen molar-refractivity contribution in [2.24, 2.45) is 12.0 Å². The molecule has 28 heavy (non-hydrogen) atoms. The van der Waals surface area contributed by atoms with Crippen molar-refractivity contribution in [2.75, 3.05) is 50.7 Å². The minimum atomic E-state index is 0. The second-order valence-electron chi connectivity index (χ2n) is 7.46. The molecule has 2 aliphatic heterocycles. The summed E-state index contributed by atoms with van der Waals surface area (Å²) in [6.45, 7) is 9.88. The first-order valence-electron chi connectivity index (χ1n) is 10.1. The fraction of sp³-hybridized carbons (Fsp3) is 0.737. The van der Waals surface area contributed by atoms with Gasteiger partial charge in [0.2, 0.25) is 5.91 Å². The lowest BCUT2D eigenvalue weighted by Crippen LogP contribution is -2.55. The van der Waals surface area contributed by atoms with Crippen LogP contribution in [0, 0.1) is 0 Å². The summed E-state index contributed by atoms with van der Waals surface area (Å²) in [5.74, 6) is 0.936. The van der Waals surface area contributed by atoms with E-state index in [2.05, 4.69) is 34.1 Å². The van der Waals surface area contributed by atoms with Crippen molar-refractivity contribution in [2.45, 2.75) is 39.2 Å². The molecule has 0 radical (unpaired) electrons. The Kier molecular flexibility index (Phi) is 9.00. The number of likely N-dealkylation sites (tertiary alicyclic amines) is 1. The largest absolute Gasteiger partial charge is 0.357 e. The number of hydrogen-bond acceptors (Lipinski definition) is 4. The first kappa shape index (κ1) is 22.9. The lowest BCUT2D eigenvalue weighted by atomic mass is 10.0. The topological polar surface area (TPSA) is 69.0 Å². The van der Waals surface area contributed by atoms with Crippen LogP contribution in [0.3, 0.4) is 0 Å². The lowest BCUT2D eigenvalue weighted by Gasteiger charge is -2.36. The molecule has 158 valence electrons. The Morgan fingerprint density at radius 2 is 2.14 bits per heavy atom. The van der Waals surface area contributed by atoms with Crippen LogP contribution in [0.5, 0.6) is 0 Å². The van der Waals surface area contributed by atoms with E-state index in [1.165, 1.54) is 25.8 Å². The van der Waals surface area contributed by atoms with Crippen LogP contribution in [0.2, 0.25) is 0 Å². The van der Waals surface area contributed by atoms with E-state index < -0.39 is 0 Å². The minimum absolute atomic E-state index is 0. The fourth-order valence-corrected chi connectivity index (χ4v) is 3.87. The molecule has 0 aliphatic carbocycles. The van der Waals surface area contributed by atoms with Crippen LogP contribution in [-0.2, 0) is 11.8 Å². The van der Waals surface area contributed by atoms with E-state index in [4.69, 9.17) is 4.99 Å². The molecule has 0 spiro atoms. The number of piperazine rings is 1. The molecule has 2 aliphatic rings. The third-order valence-corrected chi connectivity index (χ3v) is 5.45. The molecule has 9 heteroatoms. The van der Waals surface area contributed by atoms with Gasteiger partial charge >= 0.3 is 0 Å². The zero-order chi connectivity index (χ0) is 19.2. The summed E-state index contributed by atoms with van der Waals surface area (Å²) in [6, 6.07) is 0.654. The van der Waals surface area contributed by atoms with Crippen molar-refractivity contribution in [3.63, 3.8) is 0 Å². The molecule has 3 heterocycles. The number of anilines is 1. The standard InChI is InChI=1S/C19H33N7O.HI/c1-4-20-19(21-8-10-24-9-6-5-7-16(24)2)25-11-12-26(18(27)15-25)17-13-22-23(3)14-17;/h13-14,16H,4-12,15H2,1-3H3,(H,20,21);1H. The number of aromatic nitrogens is 2. The summed E-state index contributed by atoms with van der Waals surface area (Å²) in [5.41, 5.74) is 0.864. The van der Waals surface area contributed by atoms with Gasteiger partial charge < -0.3 is 15.1 Å². The zero-order valence-electron chi connectivity index (χ0n) is 17.3. The molecule has 1 N–H and O–H groups in total. The van der Waals surface area contributed by atoms with E-state index in [1.807, 2.05) is 18.1 Å². The molecule has 3 rings (SSSR count). The van der Waals surface area contributed by atoms with Gasteiger partial charge in [-0.15, -0.1) is 24.0 Å². The number of piperidine rings is 1. The lowest BCUT2D eigenvalue weighted by molar-refractivity contribution is -0.120. The molecular formula is C19H34IN7O. The number of aryl methyl sites for hydroxylation is 1. The first-order chi connectivity index (χ1) is 13.1. The summed E-state index contributed by atoms with van der Waals surface area (Å²) in [5, 5.41) is 7.52. The number of rotatable bonds is 5. The van der Waals surface area contributed by atoms with Crippen molar-refractivity contribution >= 4 is 41.5 Å². The van der Waals surface area contributed by atoms with Gasteiger partial charge in [0.1, 0.15) is 6.54 Å². The number of carbonyl (C=O) groups excluding carboxylic acids is 1. The first-order valence-corrected chi connectivity index (χ1v) is 10.1. The molecule has 2 fully saturated rings. The molecule has 1 aromatic rings. The average molecular weight is 503 g/mol. The van der Waals surface area contributed by atoms with E-state index in [1.54, 1.807) is 10.9 Å². The number of amides is 1. The molecule has 8 nitrogen and oxygen atoms in total. The molecule has 1 amide bonds. The Bertz CT molecular complexity index is 662. The van der Waals surface area contributed by atoms with Crippen molar-refractivity contribution in [3.8, 4) is 0 Å². The van der Waals surface area contributed by atoms with Gasteiger partial charge in [-0.25, -0.2) is 0 Å². The minimum Gasteiger partial charge on any atom is -0.357 e. The molecule has 0 saturated carbocycles. The number of aliphatic imine (C=N–C) groups is 1. The molecule has 0 bridgehead atoms. The number of nitrogens with one attached hydrogen (secondary N) is 1. The Balaban J connectivity index is 0.00000280. The van der Waals surface area contributed by atoms with E-state index in [0.29, 0.717) is 19.1 Å². The molecule has 1 unspecified atom stereocenters. The second kappa shape index (κ2) is 11.0. The maximum Gasteiger partial charge on any atom is 0.246 e. The van der Waals surface area contributed by atoms with E-state index in [-0.39, 0.29) is 29.9 Å². The predicted octanol–water partition coefficient (Wildman–Crippen LogP) is 1.53. The number of hydrogen-bond donors (Lipinski definition) is 1. The number of carbonyl (C=O) groups is 1. The van der Waals surface area contributed by atoms with Crippen LogP contribution in [0.25, 0.3) is 0 Å². The van der Waals surface area contributed by atoms with E-state index in [9.17, 15) is 4.79 Å². The van der Waals surface area contributed by atoms with Crippen molar-refractivity contribution in [3.05, 3.63) is 12.4 Å². The van der Waals surface area contributed by atoms with Gasteiger partial charge in [-0.05, 0) is 33.2 Å². The van der Waals surface area contributed by atoms with Crippen molar-refractivity contribution in [1.29, 1.82) is 0 Å². The molecule has 2 saturated heterocycles. The summed E-state index contributed by atoms with van der Waals surface area (Å²) < 4.78 is 1.72. The van der Waals surface area contributed by atoms with Crippen LogP contribution in [-0.4, -0.2) is 83.3 Å². The van der Waals surface area contributed by atoms with Gasteiger partial charge in [0.15, 0.2) is 5.96 Å². The van der Waals surface area contributed by atoms with Crippen LogP contribution in [0.1, 0.15) is 33.1 Å². The Hall–Kier alpha value is -1.36. The van der Waals surface area contributed by atoms with E-state index in [0.717, 1.165) is 37.8 Å². The highest BCUT2D eigenvalue weighted by atomic mass is 127. The zero-order valence-corrected chi connectivity index (χ0v) is 19.6. The van der Waals surface area contributed by atoms with Crippen LogP contribution < -0.4 is 10.2 Å². The maximum absolute atomic E-state index is 12.6. The summed E-state index contributed by atoms with van der Waals surface area (Å²) in [7, 11) is 1.86. The molecule has 0 aromatic carbocycles. The van der Waals surface area contributed by atoms with Gasteiger partial charge in [-0.2, -0.15) is 5.10 Å². The van der Waals surface area contributed by atoms with Crippen molar-refractivity contribution in [1.82, 2.24) is 24.9 Å². The highest BCUT2D eigenvalue weighted by Gasteiger charge is 2.27. The number of nitrogens with zero attached hydrogens (tertiary/aromatic N) is 6. The number of halogens is 1. The van der Waals surface area contributed by atoms with Gasteiger partial charge in [0.25, 0.3) is 0 Å². The number of guanidine groups is 1. The van der Waals surface area contributed by atoms with E-state index >= 15 is 0 Å². The summed E-state index contributed by atoms with van der Waals surface area (Å²) in [4.78, 5) is 23.9. The van der Waals surface area contributed by atoms with Gasteiger partial charge in [-0.3, -0.25) is 19.4 Å². The summed E-state index contributed by atoms with van der Waals surface area (Å²) in [6.07, 6.45) is 7.54. The van der Waals surface area contributed by atoms with Gasteiger partial charge in [-0.1, -0.05) is 6.42 Å². The highest BCUT2D eigenvalue weighted by Crippen LogP contribution is 2.17. The van der Waals surface area contributed by atoms with Gasteiger partial charge in [0, 0.05) is 45.5 Å². The monoisotopic (exact) mass is 503 g/mol. The maximum atomic E-state index is 12.6. The van der Waals surface area contributed by atoms with Crippen LogP contribution >= 0.6 is 24.0 Å². The second-order valence-corrected chi connectivity index (χ2v) is 7.46. The normalized spacial score (nSPS) is 21.6. The summed E-state index contributed by atoms with van der Waals surface area (Å²) >= 11 is 0. The third kappa shape index (κ3) is 5.82. The van der Waals surface area contributed by atoms with Crippen LogP contribution in [0.4, 0.5) is 5.69 Å². The predicted molar refractivity (Wildman–Crippen MR) is 123 cm³/mol.